The van der Waals surface area contributed by atoms with Crippen LogP contribution in [0.1, 0.15) is 18.4 Å². The highest BCUT2D eigenvalue weighted by atomic mass is 127. The lowest BCUT2D eigenvalue weighted by molar-refractivity contribution is -0.142. The molecule has 0 aliphatic heterocycles. The Morgan fingerprint density at radius 2 is 1.93 bits per heavy atom. The summed E-state index contributed by atoms with van der Waals surface area (Å²) in [7, 11) is 1.28. The number of carbonyl (C=O) groups is 1. The first-order chi connectivity index (χ1) is 7.07. The molecular formula is C10H11IO4. The molecule has 0 aromatic heterocycles. The number of esters is 1. The van der Waals surface area contributed by atoms with E-state index in [1.165, 1.54) is 13.2 Å². The van der Waals surface area contributed by atoms with Gasteiger partial charge in [0.25, 0.3) is 0 Å². The van der Waals surface area contributed by atoms with Gasteiger partial charge in [-0.3, -0.25) is 4.79 Å². The van der Waals surface area contributed by atoms with Crippen molar-refractivity contribution in [3.8, 4) is 0 Å². The molecule has 0 N–H and O–H groups in total. The van der Waals surface area contributed by atoms with Crippen molar-refractivity contribution in [2.24, 2.45) is 0 Å². The summed E-state index contributed by atoms with van der Waals surface area (Å²) < 4.78 is 26.9. The maximum absolute atomic E-state index is 11.3. The van der Waals surface area contributed by atoms with Gasteiger partial charge in [0, 0.05) is 0 Å². The van der Waals surface area contributed by atoms with Crippen molar-refractivity contribution >= 4 is 25.8 Å². The maximum atomic E-state index is 11.3. The zero-order valence-corrected chi connectivity index (χ0v) is 10.6. The van der Waals surface area contributed by atoms with E-state index in [4.69, 9.17) is 0 Å². The van der Waals surface area contributed by atoms with Crippen molar-refractivity contribution in [2.75, 3.05) is 7.11 Å². The lowest BCUT2D eigenvalue weighted by atomic mass is 10.0. The molecule has 0 bridgehead atoms. The van der Waals surface area contributed by atoms with Crippen molar-refractivity contribution in [2.45, 2.75) is 12.8 Å². The predicted molar refractivity (Wildman–Crippen MR) is 61.0 cm³/mol. The highest BCUT2D eigenvalue weighted by Crippen LogP contribution is 2.27. The number of ether oxygens (including phenoxy) is 1. The van der Waals surface area contributed by atoms with Crippen molar-refractivity contribution in [3.05, 3.63) is 33.4 Å². The first kappa shape index (κ1) is 12.1. The van der Waals surface area contributed by atoms with Crippen molar-refractivity contribution in [3.63, 3.8) is 0 Å². The van der Waals surface area contributed by atoms with Crippen LogP contribution < -0.4 is 0 Å². The average molecular weight is 322 g/mol. The summed E-state index contributed by atoms with van der Waals surface area (Å²) in [5.41, 5.74) is 0.513. The largest absolute Gasteiger partial charge is 0.469 e. The summed E-state index contributed by atoms with van der Waals surface area (Å²) in [4.78, 5) is 11.3. The van der Waals surface area contributed by atoms with Crippen LogP contribution in [0, 0.1) is 3.57 Å². The van der Waals surface area contributed by atoms with Crippen molar-refractivity contribution in [1.82, 2.24) is 0 Å². The Balaban J connectivity index is 3.19. The van der Waals surface area contributed by atoms with Crippen molar-refractivity contribution < 1.29 is 15.7 Å². The van der Waals surface area contributed by atoms with Gasteiger partial charge in [0.05, 0.1) is 16.6 Å². The van der Waals surface area contributed by atoms with Gasteiger partial charge in [0.2, 0.25) is 0 Å². The molecule has 4 nitrogen and oxygen atoms in total. The van der Waals surface area contributed by atoms with Gasteiger partial charge in [-0.15, -0.1) is 0 Å². The Kier molecular flexibility index (Phi) is 4.19. The average Bonchev–Trinajstić information content (AvgIpc) is 2.27. The van der Waals surface area contributed by atoms with Gasteiger partial charge in [0.15, 0.2) is 0 Å². The second-order valence-electron chi connectivity index (χ2n) is 2.98. The molecule has 1 aromatic carbocycles. The first-order valence-corrected chi connectivity index (χ1v) is 7.14. The van der Waals surface area contributed by atoms with Crippen LogP contribution in [0.5, 0.6) is 0 Å². The molecule has 1 unspecified atom stereocenters. The number of benzene rings is 1. The molecule has 0 amide bonds. The molecule has 15 heavy (non-hydrogen) atoms. The summed E-state index contributed by atoms with van der Waals surface area (Å²) in [6.45, 7) is 1.63. The third-order valence-corrected chi connectivity index (χ3v) is 4.02. The Morgan fingerprint density at radius 3 is 2.47 bits per heavy atom. The molecule has 0 radical (unpaired) electrons. The topological polar surface area (TPSA) is 60.4 Å². The number of halogens is 1. The molecule has 0 fully saturated rings. The van der Waals surface area contributed by atoms with Gasteiger partial charge in [-0.2, -0.15) is 0 Å². The lowest BCUT2D eigenvalue weighted by Crippen LogP contribution is -2.12. The Hall–Kier alpha value is -0.980. The van der Waals surface area contributed by atoms with E-state index in [0.717, 1.165) is 0 Å². The van der Waals surface area contributed by atoms with Crippen molar-refractivity contribution in [1.29, 1.82) is 0 Å². The normalized spacial score (nSPS) is 12.5. The van der Waals surface area contributed by atoms with E-state index in [9.17, 15) is 10.9 Å². The molecule has 0 saturated heterocycles. The molecule has 5 heteroatoms. The maximum Gasteiger partial charge on any atom is 0.341 e. The van der Waals surface area contributed by atoms with Gasteiger partial charge in [-0.1, -0.05) is 18.2 Å². The predicted octanol–water partition coefficient (Wildman–Crippen LogP) is 2.33. The van der Waals surface area contributed by atoms with Crippen LogP contribution >= 0.6 is 19.8 Å². The molecular weight excluding hydrogens is 311 g/mol. The molecule has 0 saturated carbocycles. The number of methoxy groups -OCH3 is 1. The Labute approximate surface area is 94.8 Å². The number of rotatable bonds is 3. The lowest BCUT2D eigenvalue weighted by Gasteiger charge is -2.10. The fourth-order valence-electron chi connectivity index (χ4n) is 1.27. The van der Waals surface area contributed by atoms with Crippen LogP contribution in [-0.2, 0) is 15.7 Å². The summed E-state index contributed by atoms with van der Waals surface area (Å²) in [5.74, 6) is -0.978. The fourth-order valence-corrected chi connectivity index (χ4v) is 2.93. The summed E-state index contributed by atoms with van der Waals surface area (Å²) >= 11 is -3.55. The van der Waals surface area contributed by atoms with E-state index in [1.807, 2.05) is 0 Å². The Morgan fingerprint density at radius 1 is 1.33 bits per heavy atom. The highest BCUT2D eigenvalue weighted by Gasteiger charge is 2.20. The van der Waals surface area contributed by atoms with Crippen LogP contribution in [0.2, 0.25) is 0 Å². The quantitative estimate of drug-likeness (QED) is 0.633. The number of hydrogen-bond donors (Lipinski definition) is 0. The van der Waals surface area contributed by atoms with Gasteiger partial charge in [-0.25, -0.2) is 6.14 Å². The standard InChI is InChI=1S/C10H11IO4/c1-7(10(12)15-2)8-5-3-4-6-9(8)11(13)14/h3-7H,1-2H3. The van der Waals surface area contributed by atoms with Gasteiger partial charge < -0.3 is 4.74 Å². The van der Waals surface area contributed by atoms with Crippen LogP contribution in [0.3, 0.4) is 0 Å². The summed E-state index contributed by atoms with van der Waals surface area (Å²) in [5, 5.41) is 0. The van der Waals surface area contributed by atoms with Gasteiger partial charge in [0.1, 0.15) is 0 Å². The van der Waals surface area contributed by atoms with E-state index in [2.05, 4.69) is 4.74 Å². The van der Waals surface area contributed by atoms with Crippen LogP contribution in [0.4, 0.5) is 0 Å². The fraction of sp³-hybridized carbons (Fsp3) is 0.300. The zero-order valence-electron chi connectivity index (χ0n) is 8.40. The monoisotopic (exact) mass is 322 g/mol. The minimum atomic E-state index is -3.55. The van der Waals surface area contributed by atoms with Gasteiger partial charge >= 0.3 is 25.8 Å². The number of carbonyl (C=O) groups excluding carboxylic acids is 1. The Bertz CT molecular complexity index is 429. The second-order valence-corrected chi connectivity index (χ2v) is 5.39. The second kappa shape index (κ2) is 5.20. The molecule has 0 spiro atoms. The molecule has 0 aliphatic carbocycles. The molecule has 1 rings (SSSR count). The SMILES string of the molecule is COC(=O)C(C)c1ccccc1I(=O)=O. The summed E-state index contributed by atoms with van der Waals surface area (Å²) in [6.07, 6.45) is 0. The first-order valence-electron chi connectivity index (χ1n) is 4.30. The van der Waals surface area contributed by atoms with Gasteiger partial charge in [-0.05, 0) is 18.6 Å². The van der Waals surface area contributed by atoms with Crippen LogP contribution in [0.25, 0.3) is 0 Å². The molecule has 0 heterocycles. The van der Waals surface area contributed by atoms with Crippen LogP contribution in [-0.4, -0.2) is 13.1 Å². The van der Waals surface area contributed by atoms with E-state index < -0.39 is 31.7 Å². The molecule has 0 aliphatic rings. The third kappa shape index (κ3) is 2.74. The summed E-state index contributed by atoms with van der Waals surface area (Å²) in [6, 6.07) is 6.50. The van der Waals surface area contributed by atoms with E-state index >= 15 is 0 Å². The molecule has 1 atom stereocenters. The number of hydrogen-bond acceptors (Lipinski definition) is 4. The molecule has 82 valence electrons. The van der Waals surface area contributed by atoms with E-state index in [1.54, 1.807) is 25.1 Å². The smallest absolute Gasteiger partial charge is 0.341 e. The van der Waals surface area contributed by atoms with E-state index in [-0.39, 0.29) is 3.57 Å². The zero-order chi connectivity index (χ0) is 11.4. The van der Waals surface area contributed by atoms with E-state index in [0.29, 0.717) is 5.56 Å². The van der Waals surface area contributed by atoms with Crippen LogP contribution in [0.15, 0.2) is 24.3 Å². The third-order valence-electron chi connectivity index (χ3n) is 2.09. The minimum absolute atomic E-state index is 0.264. The minimum Gasteiger partial charge on any atom is -0.469 e. The molecule has 1 aromatic rings. The highest BCUT2D eigenvalue weighted by molar-refractivity contribution is 14.2.